The van der Waals surface area contributed by atoms with E-state index in [1.807, 2.05) is 13.0 Å². The fourth-order valence-corrected chi connectivity index (χ4v) is 1.97. The maximum atomic E-state index is 6.38. The lowest BCUT2D eigenvalue weighted by Crippen LogP contribution is -1.91. The first kappa shape index (κ1) is 11.3. The van der Waals surface area contributed by atoms with E-state index >= 15 is 0 Å². The van der Waals surface area contributed by atoms with Crippen LogP contribution in [0.2, 0.25) is 0 Å². The highest BCUT2D eigenvalue weighted by Gasteiger charge is 2.12. The molecule has 2 heteroatoms. The van der Waals surface area contributed by atoms with Crippen LogP contribution in [0.15, 0.2) is 41.0 Å². The minimum atomic E-state index is -0.122. The van der Waals surface area contributed by atoms with Gasteiger partial charge in [-0.3, -0.25) is 0 Å². The van der Waals surface area contributed by atoms with E-state index in [0.29, 0.717) is 0 Å². The number of aryl methyl sites for hydroxylation is 2. The number of alkyl halides is 1. The monoisotopic (exact) mass is 234 g/mol. The van der Waals surface area contributed by atoms with Gasteiger partial charge in [-0.15, -0.1) is 11.6 Å². The molecule has 0 spiro atoms. The van der Waals surface area contributed by atoms with Crippen molar-refractivity contribution in [3.05, 3.63) is 59.0 Å². The third kappa shape index (κ3) is 2.30. The van der Waals surface area contributed by atoms with Gasteiger partial charge in [0.2, 0.25) is 0 Å². The van der Waals surface area contributed by atoms with Crippen LogP contribution < -0.4 is 0 Å². The van der Waals surface area contributed by atoms with Crippen LogP contribution in [0.5, 0.6) is 0 Å². The zero-order valence-corrected chi connectivity index (χ0v) is 10.3. The van der Waals surface area contributed by atoms with Crippen molar-refractivity contribution in [2.75, 3.05) is 0 Å². The van der Waals surface area contributed by atoms with Gasteiger partial charge in [-0.1, -0.05) is 31.2 Å². The standard InChI is InChI=1S/C14H15ClO/c1-3-11-4-6-12(7-5-11)14(15)13-8-10(2)16-9-13/h4-9,14H,3H2,1-2H3. The van der Waals surface area contributed by atoms with Crippen LogP contribution in [0.25, 0.3) is 0 Å². The second kappa shape index (κ2) is 4.75. The number of halogens is 1. The van der Waals surface area contributed by atoms with Gasteiger partial charge in [-0.05, 0) is 30.5 Å². The molecule has 16 heavy (non-hydrogen) atoms. The molecule has 1 atom stereocenters. The van der Waals surface area contributed by atoms with Gasteiger partial charge in [0.05, 0.1) is 11.6 Å². The average Bonchev–Trinajstić information content (AvgIpc) is 2.75. The number of furan rings is 1. The zero-order valence-electron chi connectivity index (χ0n) is 9.53. The highest BCUT2D eigenvalue weighted by molar-refractivity contribution is 6.22. The Morgan fingerprint density at radius 2 is 1.88 bits per heavy atom. The molecule has 0 saturated heterocycles. The quantitative estimate of drug-likeness (QED) is 0.714. The molecule has 84 valence electrons. The molecule has 1 nitrogen and oxygen atoms in total. The molecule has 0 radical (unpaired) electrons. The maximum Gasteiger partial charge on any atom is 0.101 e. The lowest BCUT2D eigenvalue weighted by molar-refractivity contribution is 0.532. The molecule has 0 bridgehead atoms. The van der Waals surface area contributed by atoms with Gasteiger partial charge in [0.15, 0.2) is 0 Å². The lowest BCUT2D eigenvalue weighted by atomic mass is 10.0. The van der Waals surface area contributed by atoms with Crippen molar-refractivity contribution < 1.29 is 4.42 Å². The minimum absolute atomic E-state index is 0.122. The van der Waals surface area contributed by atoms with E-state index in [4.69, 9.17) is 16.0 Å². The van der Waals surface area contributed by atoms with Gasteiger partial charge in [-0.2, -0.15) is 0 Å². The topological polar surface area (TPSA) is 13.1 Å². The maximum absolute atomic E-state index is 6.38. The molecule has 0 N–H and O–H groups in total. The van der Waals surface area contributed by atoms with Gasteiger partial charge < -0.3 is 4.42 Å². The molecule has 0 amide bonds. The molecule has 2 aromatic rings. The predicted octanol–water partition coefficient (Wildman–Crippen LogP) is 4.48. The summed E-state index contributed by atoms with van der Waals surface area (Å²) in [6.45, 7) is 4.07. The van der Waals surface area contributed by atoms with Crippen molar-refractivity contribution in [1.29, 1.82) is 0 Å². The fourth-order valence-electron chi connectivity index (χ4n) is 1.71. The summed E-state index contributed by atoms with van der Waals surface area (Å²) in [5.74, 6) is 0.894. The van der Waals surface area contributed by atoms with E-state index in [1.165, 1.54) is 5.56 Å². The van der Waals surface area contributed by atoms with Gasteiger partial charge in [0, 0.05) is 5.56 Å². The average molecular weight is 235 g/mol. The van der Waals surface area contributed by atoms with Crippen LogP contribution in [0.4, 0.5) is 0 Å². The summed E-state index contributed by atoms with van der Waals surface area (Å²) in [4.78, 5) is 0. The van der Waals surface area contributed by atoms with Crippen molar-refractivity contribution in [3.8, 4) is 0 Å². The summed E-state index contributed by atoms with van der Waals surface area (Å²) in [6.07, 6.45) is 2.78. The molecular weight excluding hydrogens is 220 g/mol. The SMILES string of the molecule is CCc1ccc(C(Cl)c2coc(C)c2)cc1. The summed E-state index contributed by atoms with van der Waals surface area (Å²) in [5, 5.41) is -0.122. The summed E-state index contributed by atoms with van der Waals surface area (Å²) in [6, 6.07) is 10.4. The Morgan fingerprint density at radius 1 is 1.19 bits per heavy atom. The smallest absolute Gasteiger partial charge is 0.101 e. The van der Waals surface area contributed by atoms with E-state index in [0.717, 1.165) is 23.3 Å². The van der Waals surface area contributed by atoms with E-state index in [9.17, 15) is 0 Å². The number of hydrogen-bond acceptors (Lipinski definition) is 1. The molecule has 1 aromatic heterocycles. The normalized spacial score (nSPS) is 12.7. The van der Waals surface area contributed by atoms with Gasteiger partial charge in [0.1, 0.15) is 5.76 Å². The third-order valence-corrected chi connectivity index (χ3v) is 3.23. The van der Waals surface area contributed by atoms with Gasteiger partial charge in [-0.25, -0.2) is 0 Å². The first-order valence-corrected chi connectivity index (χ1v) is 5.92. The van der Waals surface area contributed by atoms with Crippen molar-refractivity contribution in [2.24, 2.45) is 0 Å². The Hall–Kier alpha value is -1.21. The van der Waals surface area contributed by atoms with E-state index in [1.54, 1.807) is 6.26 Å². The van der Waals surface area contributed by atoms with E-state index in [-0.39, 0.29) is 5.38 Å². The molecule has 1 aromatic carbocycles. The van der Waals surface area contributed by atoms with Crippen molar-refractivity contribution in [3.63, 3.8) is 0 Å². The second-order valence-corrected chi connectivity index (χ2v) is 4.38. The summed E-state index contributed by atoms with van der Waals surface area (Å²) in [7, 11) is 0. The van der Waals surface area contributed by atoms with E-state index < -0.39 is 0 Å². The zero-order chi connectivity index (χ0) is 11.5. The Balaban J connectivity index is 2.23. The van der Waals surface area contributed by atoms with Crippen LogP contribution in [0.3, 0.4) is 0 Å². The largest absolute Gasteiger partial charge is 0.469 e. The first-order valence-electron chi connectivity index (χ1n) is 5.48. The predicted molar refractivity (Wildman–Crippen MR) is 67.0 cm³/mol. The van der Waals surface area contributed by atoms with Crippen molar-refractivity contribution >= 4 is 11.6 Å². The Kier molecular flexibility index (Phi) is 3.35. The summed E-state index contributed by atoms with van der Waals surface area (Å²) >= 11 is 6.38. The fraction of sp³-hybridized carbons (Fsp3) is 0.286. The Labute approximate surface area is 101 Å². The Bertz CT molecular complexity index is 456. The van der Waals surface area contributed by atoms with Gasteiger partial charge >= 0.3 is 0 Å². The molecule has 0 fully saturated rings. The Morgan fingerprint density at radius 3 is 2.38 bits per heavy atom. The first-order chi connectivity index (χ1) is 7.70. The van der Waals surface area contributed by atoms with Crippen LogP contribution in [-0.2, 0) is 6.42 Å². The molecule has 0 saturated carbocycles. The van der Waals surface area contributed by atoms with E-state index in [2.05, 4.69) is 31.2 Å². The highest BCUT2D eigenvalue weighted by atomic mass is 35.5. The van der Waals surface area contributed by atoms with Crippen molar-refractivity contribution in [2.45, 2.75) is 25.6 Å². The van der Waals surface area contributed by atoms with Crippen LogP contribution in [0, 0.1) is 6.92 Å². The van der Waals surface area contributed by atoms with Crippen molar-refractivity contribution in [1.82, 2.24) is 0 Å². The molecule has 0 aliphatic heterocycles. The minimum Gasteiger partial charge on any atom is -0.469 e. The molecule has 1 heterocycles. The molecule has 0 aliphatic rings. The number of hydrogen-bond donors (Lipinski definition) is 0. The van der Waals surface area contributed by atoms with Crippen LogP contribution >= 0.6 is 11.6 Å². The highest BCUT2D eigenvalue weighted by Crippen LogP contribution is 2.30. The lowest BCUT2D eigenvalue weighted by Gasteiger charge is -2.07. The molecule has 1 unspecified atom stereocenters. The number of rotatable bonds is 3. The van der Waals surface area contributed by atoms with Crippen LogP contribution in [-0.4, -0.2) is 0 Å². The molecular formula is C14H15ClO. The van der Waals surface area contributed by atoms with Gasteiger partial charge in [0.25, 0.3) is 0 Å². The summed E-state index contributed by atoms with van der Waals surface area (Å²) in [5.41, 5.74) is 3.46. The summed E-state index contributed by atoms with van der Waals surface area (Å²) < 4.78 is 5.27. The van der Waals surface area contributed by atoms with Crippen LogP contribution in [0.1, 0.15) is 34.8 Å². The molecule has 2 rings (SSSR count). The molecule has 0 aliphatic carbocycles. The number of benzene rings is 1. The second-order valence-electron chi connectivity index (χ2n) is 3.95. The third-order valence-electron chi connectivity index (χ3n) is 2.72.